The van der Waals surface area contributed by atoms with Gasteiger partial charge in [0.25, 0.3) is 0 Å². The third-order valence-electron chi connectivity index (χ3n) is 1.23. The van der Waals surface area contributed by atoms with Gasteiger partial charge in [0.1, 0.15) is 0 Å². The molecule has 0 saturated carbocycles. The van der Waals surface area contributed by atoms with Crippen molar-refractivity contribution >= 4 is 0 Å². The second-order valence-electron chi connectivity index (χ2n) is 1.85. The molecule has 1 aliphatic rings. The summed E-state index contributed by atoms with van der Waals surface area (Å²) in [7, 11) is 3.29. The second kappa shape index (κ2) is 2.44. The molecule has 0 aliphatic carbocycles. The molecule has 1 saturated heterocycles. The molecule has 1 rings (SSSR count). The Balaban J connectivity index is 2.15. The van der Waals surface area contributed by atoms with E-state index in [4.69, 9.17) is 9.47 Å². The van der Waals surface area contributed by atoms with Gasteiger partial charge in [0, 0.05) is 20.8 Å². The predicted molar refractivity (Wildman–Crippen MR) is 29.6 cm³/mol. The van der Waals surface area contributed by atoms with Crippen molar-refractivity contribution < 1.29 is 9.47 Å². The van der Waals surface area contributed by atoms with Crippen LogP contribution in [0.2, 0.25) is 0 Å². The number of nitrogens with one attached hydrogen (secondary N) is 1. The van der Waals surface area contributed by atoms with Crippen molar-refractivity contribution in [3.8, 4) is 0 Å². The van der Waals surface area contributed by atoms with Crippen LogP contribution in [0.4, 0.5) is 0 Å². The van der Waals surface area contributed by atoms with Crippen molar-refractivity contribution in [3.63, 3.8) is 0 Å². The number of hydrogen-bond acceptors (Lipinski definition) is 3. The van der Waals surface area contributed by atoms with Crippen molar-refractivity contribution in [2.45, 2.75) is 12.3 Å². The molecule has 1 heterocycles. The van der Waals surface area contributed by atoms with Gasteiger partial charge in [0.15, 0.2) is 6.29 Å². The summed E-state index contributed by atoms with van der Waals surface area (Å²) in [5.41, 5.74) is 0. The Hall–Kier alpha value is -0.120. The van der Waals surface area contributed by atoms with Gasteiger partial charge in [0.05, 0.1) is 6.04 Å². The number of methoxy groups -OCH3 is 2. The summed E-state index contributed by atoms with van der Waals surface area (Å²) in [5.74, 6) is 0. The lowest BCUT2D eigenvalue weighted by atomic mass is 10.5. The topological polar surface area (TPSA) is 40.4 Å². The highest BCUT2D eigenvalue weighted by Crippen LogP contribution is 2.06. The largest absolute Gasteiger partial charge is 0.354 e. The first-order valence-electron chi connectivity index (χ1n) is 2.67. The first-order chi connectivity index (χ1) is 3.88. The van der Waals surface area contributed by atoms with Crippen LogP contribution >= 0.6 is 0 Å². The Labute approximate surface area is 49.0 Å². The molecule has 3 nitrogen and oxygen atoms in total. The number of rotatable bonds is 3. The maximum atomic E-state index is 4.94. The molecule has 1 atom stereocenters. The van der Waals surface area contributed by atoms with E-state index in [1.54, 1.807) is 14.2 Å². The molecule has 1 N–H and O–H groups in total. The summed E-state index contributed by atoms with van der Waals surface area (Å²) < 4.78 is 9.88. The highest BCUT2D eigenvalue weighted by Gasteiger charge is 2.30. The molecular weight excluding hydrogens is 106 g/mol. The average molecular weight is 117 g/mol. The van der Waals surface area contributed by atoms with Crippen LogP contribution in [0.3, 0.4) is 0 Å². The smallest absolute Gasteiger partial charge is 0.173 e. The van der Waals surface area contributed by atoms with Gasteiger partial charge in [-0.2, -0.15) is 0 Å². The van der Waals surface area contributed by atoms with E-state index < -0.39 is 0 Å². The van der Waals surface area contributed by atoms with Crippen molar-refractivity contribution in [1.82, 2.24) is 5.32 Å². The van der Waals surface area contributed by atoms with Gasteiger partial charge in [0.2, 0.25) is 0 Å². The van der Waals surface area contributed by atoms with E-state index in [0.717, 1.165) is 6.54 Å². The fourth-order valence-corrected chi connectivity index (χ4v) is 0.685. The molecule has 0 amide bonds. The molecule has 48 valence electrons. The van der Waals surface area contributed by atoms with Gasteiger partial charge in [-0.3, -0.25) is 0 Å². The van der Waals surface area contributed by atoms with E-state index in [2.05, 4.69) is 5.32 Å². The summed E-state index contributed by atoms with van der Waals surface area (Å²) >= 11 is 0. The zero-order chi connectivity index (χ0) is 5.98. The Bertz CT molecular complexity index is 68.8. The molecule has 1 fully saturated rings. The SMILES string of the molecule is COC(OC)C1CN1. The monoisotopic (exact) mass is 117 g/mol. The lowest BCUT2D eigenvalue weighted by molar-refractivity contribution is -0.101. The minimum Gasteiger partial charge on any atom is -0.354 e. The highest BCUT2D eigenvalue weighted by molar-refractivity contribution is 4.86. The molecule has 0 aromatic rings. The Morgan fingerprint density at radius 3 is 2.12 bits per heavy atom. The predicted octanol–water partition coefficient (Wildman–Crippen LogP) is -0.423. The summed E-state index contributed by atoms with van der Waals surface area (Å²) in [6.07, 6.45) is -0.0463. The Morgan fingerprint density at radius 2 is 2.00 bits per heavy atom. The maximum Gasteiger partial charge on any atom is 0.173 e. The van der Waals surface area contributed by atoms with Crippen LogP contribution in [-0.4, -0.2) is 33.1 Å². The molecule has 8 heavy (non-hydrogen) atoms. The minimum atomic E-state index is -0.0463. The fourth-order valence-electron chi connectivity index (χ4n) is 0.685. The standard InChI is InChI=1S/C5H11NO2/c1-7-5(8-2)4-3-6-4/h4-6H,3H2,1-2H3. The normalized spacial score (nSPS) is 26.6. The Morgan fingerprint density at radius 1 is 1.50 bits per heavy atom. The number of hydrogen-bond donors (Lipinski definition) is 1. The van der Waals surface area contributed by atoms with Crippen molar-refractivity contribution in [3.05, 3.63) is 0 Å². The van der Waals surface area contributed by atoms with E-state index in [0.29, 0.717) is 6.04 Å². The van der Waals surface area contributed by atoms with Gasteiger partial charge in [-0.25, -0.2) is 0 Å². The summed E-state index contributed by atoms with van der Waals surface area (Å²) in [6.45, 7) is 1.02. The lowest BCUT2D eigenvalue weighted by Crippen LogP contribution is -2.21. The number of ether oxygens (including phenoxy) is 2. The summed E-state index contributed by atoms with van der Waals surface area (Å²) in [6, 6.07) is 0.435. The zero-order valence-electron chi connectivity index (χ0n) is 5.18. The quantitative estimate of drug-likeness (QED) is 0.403. The van der Waals surface area contributed by atoms with Gasteiger partial charge in [-0.15, -0.1) is 0 Å². The van der Waals surface area contributed by atoms with Crippen LogP contribution in [-0.2, 0) is 9.47 Å². The molecule has 0 spiro atoms. The van der Waals surface area contributed by atoms with Gasteiger partial charge < -0.3 is 14.8 Å². The third kappa shape index (κ3) is 1.18. The van der Waals surface area contributed by atoms with E-state index in [1.165, 1.54) is 0 Å². The van der Waals surface area contributed by atoms with Crippen LogP contribution in [0, 0.1) is 0 Å². The van der Waals surface area contributed by atoms with Crippen LogP contribution in [0.5, 0.6) is 0 Å². The maximum absolute atomic E-state index is 4.94. The zero-order valence-corrected chi connectivity index (χ0v) is 5.18. The van der Waals surface area contributed by atoms with Crippen molar-refractivity contribution in [1.29, 1.82) is 0 Å². The van der Waals surface area contributed by atoms with Crippen molar-refractivity contribution in [2.75, 3.05) is 20.8 Å². The van der Waals surface area contributed by atoms with E-state index >= 15 is 0 Å². The highest BCUT2D eigenvalue weighted by atomic mass is 16.7. The van der Waals surface area contributed by atoms with E-state index in [-0.39, 0.29) is 6.29 Å². The van der Waals surface area contributed by atoms with E-state index in [1.807, 2.05) is 0 Å². The van der Waals surface area contributed by atoms with Crippen LogP contribution < -0.4 is 5.32 Å². The summed E-state index contributed by atoms with van der Waals surface area (Å²) in [4.78, 5) is 0. The first-order valence-corrected chi connectivity index (χ1v) is 2.67. The molecule has 0 radical (unpaired) electrons. The molecule has 0 aromatic carbocycles. The molecular formula is C5H11NO2. The van der Waals surface area contributed by atoms with Gasteiger partial charge >= 0.3 is 0 Å². The van der Waals surface area contributed by atoms with Gasteiger partial charge in [-0.1, -0.05) is 0 Å². The van der Waals surface area contributed by atoms with Crippen molar-refractivity contribution in [2.24, 2.45) is 0 Å². The second-order valence-corrected chi connectivity index (χ2v) is 1.85. The van der Waals surface area contributed by atoms with Crippen LogP contribution in [0.15, 0.2) is 0 Å². The first kappa shape index (κ1) is 6.01. The Kier molecular flexibility index (Phi) is 1.83. The molecule has 1 unspecified atom stereocenters. The summed E-state index contributed by atoms with van der Waals surface area (Å²) in [5, 5.41) is 3.09. The molecule has 0 aromatic heterocycles. The lowest BCUT2D eigenvalue weighted by Gasteiger charge is -2.09. The molecule has 3 heteroatoms. The average Bonchev–Trinajstić information content (AvgIpc) is 2.53. The van der Waals surface area contributed by atoms with Crippen LogP contribution in [0.25, 0.3) is 0 Å². The minimum absolute atomic E-state index is 0.0463. The third-order valence-corrected chi connectivity index (χ3v) is 1.23. The van der Waals surface area contributed by atoms with Gasteiger partial charge in [-0.05, 0) is 0 Å². The van der Waals surface area contributed by atoms with E-state index in [9.17, 15) is 0 Å². The van der Waals surface area contributed by atoms with Crippen LogP contribution in [0.1, 0.15) is 0 Å². The molecule has 1 aliphatic heterocycles. The molecule has 0 bridgehead atoms. The fraction of sp³-hybridized carbons (Fsp3) is 1.00.